The molecule has 2 aliphatic rings. The summed E-state index contributed by atoms with van der Waals surface area (Å²) in [5, 5.41) is 3.20. The van der Waals surface area contributed by atoms with Gasteiger partial charge in [0.15, 0.2) is 0 Å². The highest BCUT2D eigenvalue weighted by atomic mass is 19.1. The molecule has 3 rings (SSSR count). The summed E-state index contributed by atoms with van der Waals surface area (Å²) in [5.41, 5.74) is 6.81. The van der Waals surface area contributed by atoms with E-state index in [0.717, 1.165) is 37.7 Å². The molecule has 3 N–H and O–H groups in total. The largest absolute Gasteiger partial charge is 0.349 e. The van der Waals surface area contributed by atoms with Crippen molar-refractivity contribution in [1.29, 1.82) is 0 Å². The van der Waals surface area contributed by atoms with E-state index >= 15 is 0 Å². The van der Waals surface area contributed by atoms with Gasteiger partial charge in [0.1, 0.15) is 5.82 Å². The molecule has 0 radical (unpaired) electrons. The molecule has 0 bridgehead atoms. The van der Waals surface area contributed by atoms with Gasteiger partial charge in [0.2, 0.25) is 5.91 Å². The van der Waals surface area contributed by atoms with E-state index in [9.17, 15) is 9.18 Å². The van der Waals surface area contributed by atoms with Gasteiger partial charge in [0.05, 0.1) is 6.04 Å². The van der Waals surface area contributed by atoms with Gasteiger partial charge in [0.25, 0.3) is 0 Å². The van der Waals surface area contributed by atoms with Crippen LogP contribution in [0.4, 0.5) is 4.39 Å². The van der Waals surface area contributed by atoms with Gasteiger partial charge in [-0.15, -0.1) is 0 Å². The van der Waals surface area contributed by atoms with Crippen LogP contribution >= 0.6 is 0 Å². The van der Waals surface area contributed by atoms with Crippen LogP contribution < -0.4 is 11.1 Å². The first-order valence-electron chi connectivity index (χ1n) is 8.45. The van der Waals surface area contributed by atoms with Gasteiger partial charge >= 0.3 is 0 Å². The first-order chi connectivity index (χ1) is 10.6. The van der Waals surface area contributed by atoms with Crippen molar-refractivity contribution in [3.05, 3.63) is 35.6 Å². The summed E-state index contributed by atoms with van der Waals surface area (Å²) >= 11 is 0. The molecule has 3 nitrogen and oxygen atoms in total. The predicted octanol–water partition coefficient (Wildman–Crippen LogP) is 3.30. The Bertz CT molecular complexity index is 528. The van der Waals surface area contributed by atoms with Crippen molar-refractivity contribution in [1.82, 2.24) is 5.32 Å². The van der Waals surface area contributed by atoms with Crippen LogP contribution in [0.15, 0.2) is 24.3 Å². The van der Waals surface area contributed by atoms with Crippen LogP contribution in [0.2, 0.25) is 0 Å². The van der Waals surface area contributed by atoms with E-state index in [-0.39, 0.29) is 29.7 Å². The Morgan fingerprint density at radius 3 is 2.64 bits per heavy atom. The Morgan fingerprint density at radius 1 is 1.23 bits per heavy atom. The van der Waals surface area contributed by atoms with Gasteiger partial charge in [0, 0.05) is 12.0 Å². The zero-order chi connectivity index (χ0) is 15.5. The molecule has 3 atom stereocenters. The van der Waals surface area contributed by atoms with Crippen LogP contribution in [0.3, 0.4) is 0 Å². The van der Waals surface area contributed by atoms with Crippen molar-refractivity contribution in [2.45, 2.75) is 57.0 Å². The number of hydrogen-bond donors (Lipinski definition) is 2. The zero-order valence-electron chi connectivity index (χ0n) is 12.9. The molecular formula is C18H25FN2O. The smallest absolute Gasteiger partial charge is 0.223 e. The second kappa shape index (κ2) is 6.78. The molecule has 0 aliphatic heterocycles. The van der Waals surface area contributed by atoms with Crippen molar-refractivity contribution in [3.63, 3.8) is 0 Å². The maximum absolute atomic E-state index is 13.6. The third-order valence-corrected chi connectivity index (χ3v) is 5.22. The highest BCUT2D eigenvalue weighted by Gasteiger charge is 2.32. The number of rotatable bonds is 4. The van der Waals surface area contributed by atoms with Crippen molar-refractivity contribution in [2.75, 3.05) is 0 Å². The van der Waals surface area contributed by atoms with Crippen LogP contribution in [-0.2, 0) is 4.79 Å². The lowest BCUT2D eigenvalue weighted by atomic mass is 9.90. The summed E-state index contributed by atoms with van der Waals surface area (Å²) in [6.07, 6.45) is 7.16. The van der Waals surface area contributed by atoms with E-state index in [1.807, 2.05) is 6.07 Å². The average molecular weight is 304 g/mol. The second-order valence-electron chi connectivity index (χ2n) is 6.86. The van der Waals surface area contributed by atoms with Crippen LogP contribution in [0.1, 0.15) is 56.6 Å². The van der Waals surface area contributed by atoms with Crippen molar-refractivity contribution in [3.8, 4) is 0 Å². The van der Waals surface area contributed by atoms with Crippen molar-refractivity contribution >= 4 is 5.91 Å². The Kier molecular flexibility index (Phi) is 4.77. The Labute approximate surface area is 131 Å². The number of nitrogens with two attached hydrogens (primary N) is 1. The summed E-state index contributed by atoms with van der Waals surface area (Å²) in [5.74, 6) is 0.292. The molecule has 1 aromatic carbocycles. The summed E-state index contributed by atoms with van der Waals surface area (Å²) in [7, 11) is 0. The zero-order valence-corrected chi connectivity index (χ0v) is 12.9. The Hall–Kier alpha value is -1.42. The quantitative estimate of drug-likeness (QED) is 0.896. The number of nitrogens with one attached hydrogen (secondary N) is 1. The van der Waals surface area contributed by atoms with Crippen LogP contribution in [0.25, 0.3) is 0 Å². The van der Waals surface area contributed by atoms with Gasteiger partial charge in [-0.1, -0.05) is 25.0 Å². The lowest BCUT2D eigenvalue weighted by Crippen LogP contribution is -2.36. The SMILES string of the molecule is NC1CCC(C(=O)NC(c2cccc(F)c2)C2CCCC2)C1. The topological polar surface area (TPSA) is 55.1 Å². The normalized spacial score (nSPS) is 27.0. The molecule has 2 saturated carbocycles. The molecular weight excluding hydrogens is 279 g/mol. The van der Waals surface area contributed by atoms with Gasteiger partial charge in [-0.2, -0.15) is 0 Å². The average Bonchev–Trinajstić information content (AvgIpc) is 3.16. The number of carbonyl (C=O) groups excluding carboxylic acids is 1. The molecule has 0 aromatic heterocycles. The van der Waals surface area contributed by atoms with Crippen LogP contribution in [0, 0.1) is 17.7 Å². The summed E-state index contributed by atoms with van der Waals surface area (Å²) in [6, 6.07) is 6.74. The number of hydrogen-bond acceptors (Lipinski definition) is 2. The van der Waals surface area contributed by atoms with Gasteiger partial charge < -0.3 is 11.1 Å². The number of carbonyl (C=O) groups is 1. The Balaban J connectivity index is 1.75. The molecule has 0 spiro atoms. The summed E-state index contributed by atoms with van der Waals surface area (Å²) < 4.78 is 13.6. The lowest BCUT2D eigenvalue weighted by molar-refractivity contribution is -0.126. The van der Waals surface area contributed by atoms with Gasteiger partial charge in [-0.05, 0) is 55.7 Å². The van der Waals surface area contributed by atoms with E-state index in [0.29, 0.717) is 5.92 Å². The van der Waals surface area contributed by atoms with Crippen LogP contribution in [0.5, 0.6) is 0 Å². The third kappa shape index (κ3) is 3.49. The molecule has 22 heavy (non-hydrogen) atoms. The number of benzene rings is 1. The highest BCUT2D eigenvalue weighted by molar-refractivity contribution is 5.79. The number of halogens is 1. The van der Waals surface area contributed by atoms with Gasteiger partial charge in [-0.25, -0.2) is 4.39 Å². The lowest BCUT2D eigenvalue weighted by Gasteiger charge is -2.26. The fourth-order valence-corrected chi connectivity index (χ4v) is 3.99. The molecule has 1 amide bonds. The predicted molar refractivity (Wildman–Crippen MR) is 84.6 cm³/mol. The second-order valence-corrected chi connectivity index (χ2v) is 6.86. The fourth-order valence-electron chi connectivity index (χ4n) is 3.99. The molecule has 3 unspecified atom stereocenters. The monoisotopic (exact) mass is 304 g/mol. The molecule has 0 saturated heterocycles. The van der Waals surface area contributed by atoms with E-state index in [4.69, 9.17) is 5.73 Å². The van der Waals surface area contributed by atoms with Crippen molar-refractivity contribution in [2.24, 2.45) is 17.6 Å². The molecule has 0 heterocycles. The maximum Gasteiger partial charge on any atom is 0.223 e. The highest BCUT2D eigenvalue weighted by Crippen LogP contribution is 2.36. The van der Waals surface area contributed by atoms with E-state index < -0.39 is 0 Å². The minimum Gasteiger partial charge on any atom is -0.349 e. The van der Waals surface area contributed by atoms with E-state index in [1.165, 1.54) is 18.9 Å². The Morgan fingerprint density at radius 2 is 2.00 bits per heavy atom. The first-order valence-corrected chi connectivity index (χ1v) is 8.45. The minimum atomic E-state index is -0.238. The summed E-state index contributed by atoms with van der Waals surface area (Å²) in [4.78, 5) is 12.6. The molecule has 2 aliphatic carbocycles. The molecule has 120 valence electrons. The summed E-state index contributed by atoms with van der Waals surface area (Å²) in [6.45, 7) is 0. The fraction of sp³-hybridized carbons (Fsp3) is 0.611. The van der Waals surface area contributed by atoms with Crippen LogP contribution in [-0.4, -0.2) is 11.9 Å². The molecule has 4 heteroatoms. The van der Waals surface area contributed by atoms with Gasteiger partial charge in [-0.3, -0.25) is 4.79 Å². The third-order valence-electron chi connectivity index (χ3n) is 5.22. The van der Waals surface area contributed by atoms with E-state index in [1.54, 1.807) is 12.1 Å². The van der Waals surface area contributed by atoms with E-state index in [2.05, 4.69) is 5.32 Å². The van der Waals surface area contributed by atoms with Crippen molar-refractivity contribution < 1.29 is 9.18 Å². The first kappa shape index (κ1) is 15.5. The standard InChI is InChI=1S/C18H25FN2O/c19-15-7-3-6-13(10-15)17(12-4-1-2-5-12)21-18(22)14-8-9-16(20)11-14/h3,6-7,10,12,14,16-17H,1-2,4-5,8-9,11,20H2,(H,21,22). The molecule has 1 aromatic rings. The maximum atomic E-state index is 13.6. The molecule has 2 fully saturated rings. The minimum absolute atomic E-state index is 0.0208. The number of amides is 1.